The van der Waals surface area contributed by atoms with Crippen LogP contribution in [0, 0.1) is 12.7 Å². The van der Waals surface area contributed by atoms with Crippen molar-refractivity contribution < 1.29 is 5.82 Å². The van der Waals surface area contributed by atoms with Gasteiger partial charge in [0.2, 0.25) is 0 Å². The van der Waals surface area contributed by atoms with E-state index in [9.17, 15) is 4.39 Å². The number of anilines is 1. The molecule has 28 heavy (non-hydrogen) atoms. The number of fused-ring (bicyclic) bond motifs is 1. The zero-order chi connectivity index (χ0) is 19.1. The first-order valence-electron chi connectivity index (χ1n) is 9.15. The number of piperazine rings is 1. The van der Waals surface area contributed by atoms with Crippen molar-refractivity contribution >= 4 is 16.9 Å². The van der Waals surface area contributed by atoms with Gasteiger partial charge in [-0.2, -0.15) is 10.2 Å². The Balaban J connectivity index is 0.00000205. The number of pyridine rings is 2. The van der Waals surface area contributed by atoms with Gasteiger partial charge in [-0.05, 0) is 37.3 Å². The number of hydrogen-bond acceptors (Lipinski definition) is 6. The van der Waals surface area contributed by atoms with Crippen LogP contribution in [0.3, 0.4) is 0 Å². The summed E-state index contributed by atoms with van der Waals surface area (Å²) in [4.78, 5) is 11.0. The first-order chi connectivity index (χ1) is 13.7. The topological polar surface area (TPSA) is 98.4 Å². The molecule has 0 saturated carbocycles. The summed E-state index contributed by atoms with van der Waals surface area (Å²) in [6, 6.07) is 8.95. The lowest BCUT2D eigenvalue weighted by molar-refractivity contribution is 0.460. The predicted octanol–water partition coefficient (Wildman–Crippen LogP) is 2.59. The van der Waals surface area contributed by atoms with Gasteiger partial charge in [-0.1, -0.05) is 0 Å². The average molecular weight is 380 g/mol. The van der Waals surface area contributed by atoms with E-state index in [0.717, 1.165) is 35.7 Å². The highest BCUT2D eigenvalue weighted by Gasteiger charge is 2.24. The number of rotatable bonds is 3. The minimum absolute atomic E-state index is 0. The summed E-state index contributed by atoms with van der Waals surface area (Å²) < 4.78 is 14.6. The van der Waals surface area contributed by atoms with Crippen LogP contribution in [0.1, 0.15) is 18.9 Å². The van der Waals surface area contributed by atoms with Gasteiger partial charge < -0.3 is 10.2 Å². The lowest BCUT2D eigenvalue weighted by atomic mass is 10.1. The van der Waals surface area contributed by atoms with Crippen molar-refractivity contribution in [1.29, 1.82) is 0 Å². The van der Waals surface area contributed by atoms with Gasteiger partial charge in [-0.15, -0.1) is 0 Å². The standard InChI is InChI=1S/C19H19FN8.H2/c1-11-9-14(25-24-11)15-10-28(8-7-21-15)16-5-4-13(20)18(23-16)17-12-3-2-6-22-19(12)27-26-17;/h2-6,9,15,21H,7-8,10H2,1H3,(H,24,25)(H,22,26,27);1H/t15-;/m0./s1. The minimum Gasteiger partial charge on any atom is -0.353 e. The van der Waals surface area contributed by atoms with Crippen molar-refractivity contribution in [3.05, 3.63) is 53.7 Å². The molecule has 0 radical (unpaired) electrons. The van der Waals surface area contributed by atoms with Crippen LogP contribution in [0.15, 0.2) is 36.5 Å². The van der Waals surface area contributed by atoms with Gasteiger partial charge in [0.05, 0.1) is 17.4 Å². The summed E-state index contributed by atoms with van der Waals surface area (Å²) in [6.45, 7) is 4.26. The summed E-state index contributed by atoms with van der Waals surface area (Å²) in [5, 5.41) is 18.6. The monoisotopic (exact) mass is 380 g/mol. The van der Waals surface area contributed by atoms with Crippen LogP contribution in [0.25, 0.3) is 22.4 Å². The SMILES string of the molecule is Cc1cc([C@@H]2CN(c3ccc(F)c(-c4[nH]nc5ncccc45)n3)CCN2)n[nH]1.[HH]. The Bertz CT molecular complexity index is 1140. The van der Waals surface area contributed by atoms with E-state index < -0.39 is 5.82 Å². The molecule has 4 aromatic rings. The molecule has 5 heterocycles. The van der Waals surface area contributed by atoms with Crippen LogP contribution in [0.2, 0.25) is 0 Å². The highest BCUT2D eigenvalue weighted by Crippen LogP contribution is 2.29. The Morgan fingerprint density at radius 1 is 1.21 bits per heavy atom. The molecule has 0 unspecified atom stereocenters. The molecule has 0 spiro atoms. The number of nitrogens with zero attached hydrogens (tertiary/aromatic N) is 5. The fourth-order valence-corrected chi connectivity index (χ4v) is 3.59. The molecule has 0 aromatic carbocycles. The molecular weight excluding hydrogens is 359 g/mol. The fraction of sp³-hybridized carbons (Fsp3) is 0.263. The minimum atomic E-state index is -0.396. The smallest absolute Gasteiger partial charge is 0.181 e. The molecule has 1 aliphatic heterocycles. The molecule has 144 valence electrons. The van der Waals surface area contributed by atoms with Crippen LogP contribution >= 0.6 is 0 Å². The van der Waals surface area contributed by atoms with E-state index in [1.807, 2.05) is 19.1 Å². The number of H-pyrrole nitrogens is 2. The van der Waals surface area contributed by atoms with Gasteiger partial charge in [0.25, 0.3) is 0 Å². The second-order valence-electron chi connectivity index (χ2n) is 6.90. The first-order valence-corrected chi connectivity index (χ1v) is 9.15. The van der Waals surface area contributed by atoms with Gasteiger partial charge >= 0.3 is 0 Å². The van der Waals surface area contributed by atoms with E-state index >= 15 is 0 Å². The van der Waals surface area contributed by atoms with Crippen molar-refractivity contribution in [3.63, 3.8) is 0 Å². The third-order valence-corrected chi connectivity index (χ3v) is 4.98. The lowest BCUT2D eigenvalue weighted by Gasteiger charge is -2.33. The zero-order valence-corrected chi connectivity index (χ0v) is 15.3. The molecule has 1 fully saturated rings. The Labute approximate surface area is 161 Å². The molecule has 1 aliphatic rings. The zero-order valence-electron chi connectivity index (χ0n) is 15.3. The van der Waals surface area contributed by atoms with Crippen LogP contribution in [0.4, 0.5) is 10.2 Å². The van der Waals surface area contributed by atoms with Crippen molar-refractivity contribution in [2.75, 3.05) is 24.5 Å². The molecule has 4 aromatic heterocycles. The van der Waals surface area contributed by atoms with E-state index in [1.165, 1.54) is 6.07 Å². The van der Waals surface area contributed by atoms with Gasteiger partial charge in [0.15, 0.2) is 11.5 Å². The second kappa shape index (κ2) is 6.68. The van der Waals surface area contributed by atoms with Crippen molar-refractivity contribution in [2.24, 2.45) is 0 Å². The number of aromatic nitrogens is 6. The highest BCUT2D eigenvalue weighted by atomic mass is 19.1. The molecular formula is C19H21FN8. The molecule has 0 aliphatic carbocycles. The Morgan fingerprint density at radius 3 is 3.00 bits per heavy atom. The Hall–Kier alpha value is -3.33. The lowest BCUT2D eigenvalue weighted by Crippen LogP contribution is -2.46. The molecule has 3 N–H and O–H groups in total. The maximum Gasteiger partial charge on any atom is 0.181 e. The molecule has 0 bridgehead atoms. The predicted molar refractivity (Wildman–Crippen MR) is 105 cm³/mol. The van der Waals surface area contributed by atoms with E-state index in [0.29, 0.717) is 17.9 Å². The third-order valence-electron chi connectivity index (χ3n) is 4.98. The summed E-state index contributed by atoms with van der Waals surface area (Å²) >= 11 is 0. The molecule has 1 saturated heterocycles. The van der Waals surface area contributed by atoms with E-state index in [4.69, 9.17) is 0 Å². The number of halogens is 1. The fourth-order valence-electron chi connectivity index (χ4n) is 3.59. The summed E-state index contributed by atoms with van der Waals surface area (Å²) in [7, 11) is 0. The molecule has 0 amide bonds. The number of aryl methyl sites for hydroxylation is 1. The largest absolute Gasteiger partial charge is 0.353 e. The van der Waals surface area contributed by atoms with Crippen molar-refractivity contribution in [1.82, 2.24) is 35.7 Å². The number of hydrogen-bond donors (Lipinski definition) is 3. The summed E-state index contributed by atoms with van der Waals surface area (Å²) in [5.74, 6) is 0.328. The average Bonchev–Trinajstić information content (AvgIpc) is 3.35. The molecule has 5 rings (SSSR count). The Kier molecular flexibility index (Phi) is 4.01. The second-order valence-corrected chi connectivity index (χ2v) is 6.90. The van der Waals surface area contributed by atoms with Crippen molar-refractivity contribution in [2.45, 2.75) is 13.0 Å². The highest BCUT2D eigenvalue weighted by molar-refractivity contribution is 5.89. The molecule has 8 nitrogen and oxygen atoms in total. The van der Waals surface area contributed by atoms with E-state index in [2.05, 4.69) is 40.6 Å². The summed E-state index contributed by atoms with van der Waals surface area (Å²) in [6.07, 6.45) is 1.66. The van der Waals surface area contributed by atoms with Gasteiger partial charge in [0.1, 0.15) is 11.5 Å². The van der Waals surface area contributed by atoms with Crippen LogP contribution in [-0.2, 0) is 0 Å². The summed E-state index contributed by atoms with van der Waals surface area (Å²) in [5.41, 5.74) is 3.32. The van der Waals surface area contributed by atoms with E-state index in [1.54, 1.807) is 18.3 Å². The van der Waals surface area contributed by atoms with Gasteiger partial charge in [-0.3, -0.25) is 10.2 Å². The maximum absolute atomic E-state index is 14.6. The maximum atomic E-state index is 14.6. The first kappa shape index (κ1) is 16.8. The normalized spacial score (nSPS) is 17.4. The van der Waals surface area contributed by atoms with Crippen LogP contribution < -0.4 is 10.2 Å². The third kappa shape index (κ3) is 2.89. The Morgan fingerprint density at radius 2 is 2.14 bits per heavy atom. The number of aromatic amines is 2. The molecule has 9 heteroatoms. The van der Waals surface area contributed by atoms with Gasteiger partial charge in [-0.25, -0.2) is 14.4 Å². The quantitative estimate of drug-likeness (QED) is 0.505. The van der Waals surface area contributed by atoms with Crippen LogP contribution in [0.5, 0.6) is 0 Å². The molecule has 1 atom stereocenters. The van der Waals surface area contributed by atoms with E-state index in [-0.39, 0.29) is 13.2 Å². The number of nitrogens with one attached hydrogen (secondary N) is 3. The van der Waals surface area contributed by atoms with Crippen molar-refractivity contribution in [3.8, 4) is 11.4 Å². The van der Waals surface area contributed by atoms with Gasteiger partial charge in [0, 0.05) is 38.3 Å². The van der Waals surface area contributed by atoms with Crippen LogP contribution in [-0.4, -0.2) is 50.0 Å².